The number of aromatic nitrogens is 1. The largest absolute Gasteiger partial charge is 0.480 e. The van der Waals surface area contributed by atoms with Crippen molar-refractivity contribution in [2.45, 2.75) is 31.9 Å². The number of aliphatic carboxylic acids is 1. The molecule has 2 aromatic rings. The van der Waals surface area contributed by atoms with E-state index in [-0.39, 0.29) is 30.8 Å². The monoisotopic (exact) mass is 378 g/mol. The lowest BCUT2D eigenvalue weighted by molar-refractivity contribution is -0.141. The van der Waals surface area contributed by atoms with Gasteiger partial charge in [0.2, 0.25) is 0 Å². The molecule has 138 valence electrons. The number of carbonyl (C=O) groups is 2. The Morgan fingerprint density at radius 1 is 1.38 bits per heavy atom. The van der Waals surface area contributed by atoms with E-state index in [0.717, 1.165) is 10.6 Å². The summed E-state index contributed by atoms with van der Waals surface area (Å²) in [5.74, 6) is -1.68. The molecule has 1 aliphatic rings. The van der Waals surface area contributed by atoms with Crippen LogP contribution in [0.1, 0.15) is 32.4 Å². The molecule has 6 nitrogen and oxygen atoms in total. The van der Waals surface area contributed by atoms with Gasteiger partial charge in [0.25, 0.3) is 5.91 Å². The van der Waals surface area contributed by atoms with Crippen LogP contribution in [0.3, 0.4) is 0 Å². The molecule has 0 radical (unpaired) electrons. The number of likely N-dealkylation sites (tertiary alicyclic amines) is 1. The maximum absolute atomic E-state index is 13.0. The number of thiazole rings is 1. The highest BCUT2D eigenvalue weighted by Crippen LogP contribution is 2.27. The first-order chi connectivity index (χ1) is 12.4. The van der Waals surface area contributed by atoms with Crippen LogP contribution in [0.15, 0.2) is 24.3 Å². The van der Waals surface area contributed by atoms with Gasteiger partial charge in [-0.15, -0.1) is 11.3 Å². The molecule has 1 N–H and O–H groups in total. The maximum Gasteiger partial charge on any atom is 0.326 e. The molecule has 2 unspecified atom stereocenters. The summed E-state index contributed by atoms with van der Waals surface area (Å²) in [6, 6.07) is 5.23. The van der Waals surface area contributed by atoms with E-state index in [0.29, 0.717) is 17.0 Å². The Labute approximate surface area is 154 Å². The van der Waals surface area contributed by atoms with Crippen molar-refractivity contribution in [3.63, 3.8) is 0 Å². The van der Waals surface area contributed by atoms with Crippen LogP contribution in [-0.2, 0) is 16.0 Å². The summed E-state index contributed by atoms with van der Waals surface area (Å²) in [6.45, 7) is 1.98. The Kier molecular flexibility index (Phi) is 5.33. The Morgan fingerprint density at radius 2 is 2.08 bits per heavy atom. The van der Waals surface area contributed by atoms with Gasteiger partial charge in [-0.1, -0.05) is 12.1 Å². The van der Waals surface area contributed by atoms with Crippen LogP contribution in [0.5, 0.6) is 0 Å². The summed E-state index contributed by atoms with van der Waals surface area (Å²) in [6.07, 6.45) is 0.479. The lowest BCUT2D eigenvalue weighted by Crippen LogP contribution is -2.40. The summed E-state index contributed by atoms with van der Waals surface area (Å²) in [5, 5.41) is 10.1. The van der Waals surface area contributed by atoms with Gasteiger partial charge in [-0.2, -0.15) is 0 Å². The topological polar surface area (TPSA) is 79.7 Å². The Hall–Kier alpha value is -2.32. The maximum atomic E-state index is 13.0. The van der Waals surface area contributed by atoms with Crippen molar-refractivity contribution in [1.29, 1.82) is 0 Å². The molecule has 2 atom stereocenters. The zero-order valence-corrected chi connectivity index (χ0v) is 15.3. The second-order valence-corrected chi connectivity index (χ2v) is 7.31. The minimum atomic E-state index is -1.04. The number of carbonyl (C=O) groups excluding carboxylic acids is 1. The lowest BCUT2D eigenvalue weighted by atomic mass is 10.1. The Bertz CT molecular complexity index is 821. The van der Waals surface area contributed by atoms with Crippen LogP contribution < -0.4 is 0 Å². The number of hydrogen-bond acceptors (Lipinski definition) is 5. The van der Waals surface area contributed by atoms with Crippen molar-refractivity contribution < 1.29 is 23.8 Å². The van der Waals surface area contributed by atoms with Gasteiger partial charge in [0, 0.05) is 26.5 Å². The molecule has 3 rings (SSSR count). The first kappa shape index (κ1) is 18.5. The van der Waals surface area contributed by atoms with E-state index in [1.807, 2.05) is 0 Å². The fraction of sp³-hybridized carbons (Fsp3) is 0.389. The highest BCUT2D eigenvalue weighted by atomic mass is 32.1. The van der Waals surface area contributed by atoms with Gasteiger partial charge in [0.1, 0.15) is 16.7 Å². The minimum absolute atomic E-state index is 0.247. The first-order valence-electron chi connectivity index (χ1n) is 8.16. The molecule has 2 heterocycles. The van der Waals surface area contributed by atoms with E-state index in [2.05, 4.69) is 4.98 Å². The Balaban J connectivity index is 1.80. The quantitative estimate of drug-likeness (QED) is 0.865. The fourth-order valence-electron chi connectivity index (χ4n) is 3.06. The molecule has 1 aliphatic heterocycles. The van der Waals surface area contributed by atoms with Crippen molar-refractivity contribution in [2.24, 2.45) is 0 Å². The van der Waals surface area contributed by atoms with Crippen LogP contribution in [-0.4, -0.2) is 52.7 Å². The number of carboxylic acids is 1. The van der Waals surface area contributed by atoms with Crippen LogP contribution in [0.2, 0.25) is 0 Å². The average Bonchev–Trinajstić information content (AvgIpc) is 3.20. The number of nitrogens with zero attached hydrogens (tertiary/aromatic N) is 2. The molecule has 1 aromatic heterocycles. The number of carboxylic acid groups (broad SMARTS) is 1. The van der Waals surface area contributed by atoms with E-state index >= 15 is 0 Å². The first-order valence-corrected chi connectivity index (χ1v) is 8.98. The molecule has 0 bridgehead atoms. The van der Waals surface area contributed by atoms with Crippen molar-refractivity contribution >= 4 is 23.2 Å². The highest BCUT2D eigenvalue weighted by molar-refractivity contribution is 7.13. The van der Waals surface area contributed by atoms with Crippen molar-refractivity contribution in [3.8, 4) is 0 Å². The zero-order valence-electron chi connectivity index (χ0n) is 14.4. The second kappa shape index (κ2) is 7.51. The third-order valence-electron chi connectivity index (χ3n) is 4.45. The molecular weight excluding hydrogens is 359 g/mol. The number of benzene rings is 1. The van der Waals surface area contributed by atoms with Gasteiger partial charge in [0.15, 0.2) is 0 Å². The molecule has 1 aromatic carbocycles. The zero-order chi connectivity index (χ0) is 18.8. The molecular formula is C18H19FN2O4S. The van der Waals surface area contributed by atoms with Gasteiger partial charge in [-0.25, -0.2) is 14.2 Å². The summed E-state index contributed by atoms with van der Waals surface area (Å²) >= 11 is 1.25. The predicted molar refractivity (Wildman–Crippen MR) is 93.9 cm³/mol. The summed E-state index contributed by atoms with van der Waals surface area (Å²) in [5.41, 5.74) is 1.46. The molecule has 0 spiro atoms. The van der Waals surface area contributed by atoms with Gasteiger partial charge in [-0.3, -0.25) is 4.79 Å². The van der Waals surface area contributed by atoms with Crippen LogP contribution in [0.4, 0.5) is 4.39 Å². The Morgan fingerprint density at radius 3 is 2.69 bits per heavy atom. The molecule has 8 heteroatoms. The van der Waals surface area contributed by atoms with Gasteiger partial charge < -0.3 is 14.7 Å². The molecule has 1 saturated heterocycles. The van der Waals surface area contributed by atoms with Crippen LogP contribution in [0, 0.1) is 12.7 Å². The minimum Gasteiger partial charge on any atom is -0.480 e. The third-order valence-corrected chi connectivity index (χ3v) is 5.59. The van der Waals surface area contributed by atoms with Crippen LogP contribution >= 0.6 is 11.3 Å². The number of halogens is 1. The number of aryl methyl sites for hydroxylation is 1. The fourth-order valence-corrected chi connectivity index (χ4v) is 4.12. The molecule has 1 fully saturated rings. The average molecular weight is 378 g/mol. The predicted octanol–water partition coefficient (Wildman–Crippen LogP) is 2.50. The molecule has 0 aliphatic carbocycles. The number of amides is 1. The van der Waals surface area contributed by atoms with Gasteiger partial charge >= 0.3 is 5.97 Å². The molecule has 26 heavy (non-hydrogen) atoms. The standard InChI is InChI=1S/C18H19FN2O4S/c1-10-16(17(22)21-9-13(25-2)8-14(21)18(23)24)26-15(20-10)7-11-3-5-12(19)6-4-11/h3-6,13-14H,7-9H2,1-2H3,(H,23,24). The van der Waals surface area contributed by atoms with Crippen LogP contribution in [0.25, 0.3) is 0 Å². The van der Waals surface area contributed by atoms with E-state index in [1.165, 1.54) is 35.5 Å². The number of methoxy groups -OCH3 is 1. The van der Waals surface area contributed by atoms with Gasteiger partial charge in [0.05, 0.1) is 16.8 Å². The second-order valence-electron chi connectivity index (χ2n) is 6.23. The smallest absolute Gasteiger partial charge is 0.326 e. The van der Waals surface area contributed by atoms with Gasteiger partial charge in [-0.05, 0) is 24.6 Å². The highest BCUT2D eigenvalue weighted by Gasteiger charge is 2.41. The normalized spacial score (nSPS) is 19.7. The SMILES string of the molecule is COC1CC(C(=O)O)N(C(=O)c2sc(Cc3ccc(F)cc3)nc2C)C1. The molecule has 0 saturated carbocycles. The summed E-state index contributed by atoms with van der Waals surface area (Å²) in [7, 11) is 1.51. The molecule has 1 amide bonds. The number of rotatable bonds is 5. The lowest BCUT2D eigenvalue weighted by Gasteiger charge is -2.20. The van der Waals surface area contributed by atoms with E-state index in [9.17, 15) is 19.1 Å². The van der Waals surface area contributed by atoms with Crippen molar-refractivity contribution in [2.75, 3.05) is 13.7 Å². The van der Waals surface area contributed by atoms with E-state index in [1.54, 1.807) is 19.1 Å². The number of ether oxygens (including phenoxy) is 1. The van der Waals surface area contributed by atoms with E-state index < -0.39 is 12.0 Å². The van der Waals surface area contributed by atoms with Crippen molar-refractivity contribution in [1.82, 2.24) is 9.88 Å². The number of hydrogen-bond donors (Lipinski definition) is 1. The van der Waals surface area contributed by atoms with Crippen molar-refractivity contribution in [3.05, 3.63) is 51.2 Å². The van der Waals surface area contributed by atoms with E-state index in [4.69, 9.17) is 4.74 Å². The summed E-state index contributed by atoms with van der Waals surface area (Å²) < 4.78 is 18.2. The summed E-state index contributed by atoms with van der Waals surface area (Å²) in [4.78, 5) is 30.6. The third kappa shape index (κ3) is 3.76.